The lowest BCUT2D eigenvalue weighted by molar-refractivity contribution is -0.112. The maximum Gasteiger partial charge on any atom is 0.123 e. The SMILES string of the molecule is CN[C@@H](C)COC1CCC(C=O)CC1. The van der Waals surface area contributed by atoms with Crippen molar-refractivity contribution >= 4 is 6.29 Å². The Morgan fingerprint density at radius 1 is 1.43 bits per heavy atom. The molecule has 1 aliphatic carbocycles. The summed E-state index contributed by atoms with van der Waals surface area (Å²) < 4.78 is 5.75. The van der Waals surface area contributed by atoms with Gasteiger partial charge in [-0.05, 0) is 39.7 Å². The molecule has 0 aromatic carbocycles. The van der Waals surface area contributed by atoms with Gasteiger partial charge in [-0.15, -0.1) is 0 Å². The zero-order chi connectivity index (χ0) is 10.4. The molecule has 3 nitrogen and oxygen atoms in total. The molecular weight excluding hydrogens is 178 g/mol. The van der Waals surface area contributed by atoms with Gasteiger partial charge in [0.25, 0.3) is 0 Å². The minimum absolute atomic E-state index is 0.288. The third-order valence-electron chi connectivity index (χ3n) is 2.99. The molecule has 1 rings (SSSR count). The number of carbonyl (C=O) groups excluding carboxylic acids is 1. The minimum Gasteiger partial charge on any atom is -0.377 e. The zero-order valence-electron chi connectivity index (χ0n) is 9.16. The quantitative estimate of drug-likeness (QED) is 0.680. The van der Waals surface area contributed by atoms with Crippen molar-refractivity contribution in [3.8, 4) is 0 Å². The van der Waals surface area contributed by atoms with Gasteiger partial charge >= 0.3 is 0 Å². The van der Waals surface area contributed by atoms with Crippen molar-refractivity contribution in [1.29, 1.82) is 0 Å². The Labute approximate surface area is 86.2 Å². The number of hydrogen-bond donors (Lipinski definition) is 1. The first kappa shape index (κ1) is 11.7. The molecule has 0 bridgehead atoms. The Morgan fingerprint density at radius 3 is 2.57 bits per heavy atom. The molecule has 0 radical (unpaired) electrons. The molecule has 0 amide bonds. The Bertz CT molecular complexity index is 165. The Hall–Kier alpha value is -0.410. The van der Waals surface area contributed by atoms with Crippen molar-refractivity contribution in [2.45, 2.75) is 44.8 Å². The third-order valence-corrected chi connectivity index (χ3v) is 2.99. The van der Waals surface area contributed by atoms with Gasteiger partial charge in [0.05, 0.1) is 12.7 Å². The average Bonchev–Trinajstić information content (AvgIpc) is 2.26. The molecule has 0 aromatic heterocycles. The highest BCUT2D eigenvalue weighted by molar-refractivity contribution is 5.53. The van der Waals surface area contributed by atoms with E-state index >= 15 is 0 Å². The van der Waals surface area contributed by atoms with Crippen molar-refractivity contribution in [3.63, 3.8) is 0 Å². The van der Waals surface area contributed by atoms with Crippen LogP contribution in [-0.2, 0) is 9.53 Å². The second-order valence-electron chi connectivity index (χ2n) is 4.20. The number of hydrogen-bond acceptors (Lipinski definition) is 3. The van der Waals surface area contributed by atoms with E-state index in [2.05, 4.69) is 12.2 Å². The van der Waals surface area contributed by atoms with Crippen LogP contribution in [0.15, 0.2) is 0 Å². The van der Waals surface area contributed by atoms with Crippen LogP contribution < -0.4 is 5.32 Å². The molecule has 0 spiro atoms. The normalized spacial score (nSPS) is 29.9. The van der Waals surface area contributed by atoms with E-state index < -0.39 is 0 Å². The summed E-state index contributed by atoms with van der Waals surface area (Å²) in [6.45, 7) is 2.88. The lowest BCUT2D eigenvalue weighted by Gasteiger charge is -2.26. The minimum atomic E-state index is 0.288. The maximum atomic E-state index is 10.5. The smallest absolute Gasteiger partial charge is 0.123 e. The fourth-order valence-corrected chi connectivity index (χ4v) is 1.76. The van der Waals surface area contributed by atoms with Gasteiger partial charge in [0.1, 0.15) is 6.29 Å². The summed E-state index contributed by atoms with van der Waals surface area (Å²) in [7, 11) is 1.94. The Kier molecular flexibility index (Phi) is 5.12. The summed E-state index contributed by atoms with van der Waals surface area (Å²) in [6, 6.07) is 0.416. The first-order valence-corrected chi connectivity index (χ1v) is 5.50. The standard InChI is InChI=1S/C11H21NO2/c1-9(12-2)8-14-11-5-3-10(7-13)4-6-11/h7,9-12H,3-6,8H2,1-2H3/t9-,10?,11?/m0/s1. The highest BCUT2D eigenvalue weighted by Gasteiger charge is 2.21. The monoisotopic (exact) mass is 199 g/mol. The summed E-state index contributed by atoms with van der Waals surface area (Å²) in [5.74, 6) is 0.288. The second-order valence-corrected chi connectivity index (χ2v) is 4.20. The first-order valence-electron chi connectivity index (χ1n) is 5.50. The predicted molar refractivity (Wildman–Crippen MR) is 56.3 cm³/mol. The molecular formula is C11H21NO2. The molecule has 1 aliphatic rings. The van der Waals surface area contributed by atoms with E-state index in [0.29, 0.717) is 12.1 Å². The van der Waals surface area contributed by atoms with Crippen molar-refractivity contribution < 1.29 is 9.53 Å². The summed E-state index contributed by atoms with van der Waals surface area (Å²) in [4.78, 5) is 10.5. The first-order chi connectivity index (χ1) is 6.76. The van der Waals surface area contributed by atoms with Crippen LogP contribution in [0, 0.1) is 5.92 Å². The molecule has 14 heavy (non-hydrogen) atoms. The summed E-state index contributed by atoms with van der Waals surface area (Å²) in [5, 5.41) is 3.14. The van der Waals surface area contributed by atoms with Gasteiger partial charge < -0.3 is 14.8 Å². The van der Waals surface area contributed by atoms with Gasteiger partial charge in [-0.1, -0.05) is 0 Å². The predicted octanol–water partition coefficient (Wildman–Crippen LogP) is 1.37. The highest BCUT2D eigenvalue weighted by Crippen LogP contribution is 2.24. The van der Waals surface area contributed by atoms with Crippen LogP contribution >= 0.6 is 0 Å². The molecule has 0 saturated heterocycles. The van der Waals surface area contributed by atoms with E-state index in [9.17, 15) is 4.79 Å². The van der Waals surface area contributed by atoms with E-state index in [1.807, 2.05) is 7.05 Å². The largest absolute Gasteiger partial charge is 0.377 e. The van der Waals surface area contributed by atoms with Crippen molar-refractivity contribution in [1.82, 2.24) is 5.32 Å². The van der Waals surface area contributed by atoms with E-state index in [-0.39, 0.29) is 5.92 Å². The van der Waals surface area contributed by atoms with E-state index in [0.717, 1.165) is 38.6 Å². The van der Waals surface area contributed by atoms with Crippen molar-refractivity contribution in [3.05, 3.63) is 0 Å². The molecule has 0 unspecified atom stereocenters. The van der Waals surface area contributed by atoms with Gasteiger partial charge in [-0.2, -0.15) is 0 Å². The average molecular weight is 199 g/mol. The number of aldehydes is 1. The van der Waals surface area contributed by atoms with E-state index in [1.165, 1.54) is 0 Å². The van der Waals surface area contributed by atoms with Crippen LogP contribution in [0.25, 0.3) is 0 Å². The molecule has 1 fully saturated rings. The molecule has 1 N–H and O–H groups in total. The summed E-state index contributed by atoms with van der Waals surface area (Å²) >= 11 is 0. The van der Waals surface area contributed by atoms with E-state index in [1.54, 1.807) is 0 Å². The van der Waals surface area contributed by atoms with Crippen LogP contribution in [0.1, 0.15) is 32.6 Å². The van der Waals surface area contributed by atoms with Gasteiger partial charge in [-0.3, -0.25) is 0 Å². The molecule has 3 heteroatoms. The molecule has 0 heterocycles. The molecule has 1 atom stereocenters. The summed E-state index contributed by atoms with van der Waals surface area (Å²) in [5.41, 5.74) is 0. The van der Waals surface area contributed by atoms with Crippen LogP contribution in [0.3, 0.4) is 0 Å². The van der Waals surface area contributed by atoms with Gasteiger partial charge in [0.2, 0.25) is 0 Å². The van der Waals surface area contributed by atoms with Crippen LogP contribution in [0.4, 0.5) is 0 Å². The lowest BCUT2D eigenvalue weighted by Crippen LogP contribution is -2.31. The fraction of sp³-hybridized carbons (Fsp3) is 0.909. The number of rotatable bonds is 5. The number of nitrogens with one attached hydrogen (secondary N) is 1. The summed E-state index contributed by atoms with van der Waals surface area (Å²) in [6.07, 6.45) is 5.55. The van der Waals surface area contributed by atoms with Gasteiger partial charge in [-0.25, -0.2) is 0 Å². The van der Waals surface area contributed by atoms with Crippen molar-refractivity contribution in [2.24, 2.45) is 5.92 Å². The molecule has 82 valence electrons. The lowest BCUT2D eigenvalue weighted by atomic mass is 9.88. The highest BCUT2D eigenvalue weighted by atomic mass is 16.5. The van der Waals surface area contributed by atoms with E-state index in [4.69, 9.17) is 4.74 Å². The second kappa shape index (κ2) is 6.14. The Balaban J connectivity index is 2.12. The Morgan fingerprint density at radius 2 is 2.07 bits per heavy atom. The fourth-order valence-electron chi connectivity index (χ4n) is 1.76. The van der Waals surface area contributed by atoms with Crippen LogP contribution in [0.2, 0.25) is 0 Å². The van der Waals surface area contributed by atoms with Crippen molar-refractivity contribution in [2.75, 3.05) is 13.7 Å². The van der Waals surface area contributed by atoms with Gasteiger partial charge in [0.15, 0.2) is 0 Å². The number of likely N-dealkylation sites (N-methyl/N-ethyl adjacent to an activating group) is 1. The van der Waals surface area contributed by atoms with Crippen LogP contribution in [0.5, 0.6) is 0 Å². The van der Waals surface area contributed by atoms with Gasteiger partial charge in [0, 0.05) is 12.0 Å². The van der Waals surface area contributed by atoms with Crippen LogP contribution in [-0.4, -0.2) is 32.1 Å². The molecule has 0 aliphatic heterocycles. The topological polar surface area (TPSA) is 38.3 Å². The number of carbonyl (C=O) groups is 1. The maximum absolute atomic E-state index is 10.5. The zero-order valence-corrected chi connectivity index (χ0v) is 9.16. The molecule has 1 saturated carbocycles. The molecule has 0 aromatic rings. The number of ether oxygens (including phenoxy) is 1. The third kappa shape index (κ3) is 3.76.